The molecule has 22 heavy (non-hydrogen) atoms. The topological polar surface area (TPSA) is 80.5 Å². The zero-order valence-corrected chi connectivity index (χ0v) is 12.4. The van der Waals surface area contributed by atoms with Crippen molar-refractivity contribution in [2.75, 3.05) is 4.90 Å². The highest BCUT2D eigenvalue weighted by Gasteiger charge is 2.49. The third-order valence-corrected chi connectivity index (χ3v) is 4.64. The summed E-state index contributed by atoms with van der Waals surface area (Å²) < 4.78 is 0. The van der Waals surface area contributed by atoms with E-state index in [0.29, 0.717) is 12.8 Å². The van der Waals surface area contributed by atoms with Crippen LogP contribution in [0.3, 0.4) is 0 Å². The van der Waals surface area contributed by atoms with Crippen LogP contribution < -0.4 is 4.90 Å². The number of fused-ring (bicyclic) bond motifs is 1. The first-order valence-corrected chi connectivity index (χ1v) is 7.17. The fraction of sp³-hybridized carbons (Fsp3) is 0.375. The van der Waals surface area contributed by atoms with Crippen molar-refractivity contribution in [2.24, 2.45) is 11.8 Å². The van der Waals surface area contributed by atoms with Crippen LogP contribution in [-0.4, -0.2) is 16.7 Å². The number of carbonyl (C=O) groups excluding carboxylic acids is 2. The lowest BCUT2D eigenvalue weighted by atomic mass is 9.78. The van der Waals surface area contributed by atoms with Gasteiger partial charge in [0.05, 0.1) is 22.4 Å². The number of nitro groups is 1. The van der Waals surface area contributed by atoms with Gasteiger partial charge in [-0.15, -0.1) is 0 Å². The molecular weight excluding hydrogens is 284 g/mol. The Morgan fingerprint density at radius 1 is 1.09 bits per heavy atom. The molecule has 0 unspecified atom stereocenters. The Hall–Kier alpha value is -2.50. The van der Waals surface area contributed by atoms with E-state index in [4.69, 9.17) is 0 Å². The van der Waals surface area contributed by atoms with Crippen molar-refractivity contribution < 1.29 is 14.5 Å². The highest BCUT2D eigenvalue weighted by molar-refractivity contribution is 6.22. The lowest BCUT2D eigenvalue weighted by Crippen LogP contribution is -2.30. The van der Waals surface area contributed by atoms with Gasteiger partial charge in [0.25, 0.3) is 5.69 Å². The number of allylic oxidation sites excluding steroid dienone is 2. The van der Waals surface area contributed by atoms with Crippen molar-refractivity contribution in [3.05, 3.63) is 45.5 Å². The van der Waals surface area contributed by atoms with Gasteiger partial charge < -0.3 is 0 Å². The lowest BCUT2D eigenvalue weighted by Gasteiger charge is -2.23. The van der Waals surface area contributed by atoms with Gasteiger partial charge in [0.15, 0.2) is 0 Å². The number of hydrogen-bond donors (Lipinski definition) is 0. The Morgan fingerprint density at radius 2 is 1.64 bits per heavy atom. The van der Waals surface area contributed by atoms with Crippen LogP contribution in [0.15, 0.2) is 35.4 Å². The van der Waals surface area contributed by atoms with Gasteiger partial charge in [0.1, 0.15) is 0 Å². The van der Waals surface area contributed by atoms with E-state index in [-0.39, 0.29) is 35.0 Å². The van der Waals surface area contributed by atoms with Crippen LogP contribution in [0.25, 0.3) is 0 Å². The van der Waals surface area contributed by atoms with Crippen molar-refractivity contribution in [1.29, 1.82) is 0 Å². The van der Waals surface area contributed by atoms with E-state index in [1.165, 1.54) is 18.2 Å². The lowest BCUT2D eigenvalue weighted by molar-refractivity contribution is -0.384. The quantitative estimate of drug-likeness (QED) is 0.364. The van der Waals surface area contributed by atoms with E-state index in [1.807, 2.05) is 13.8 Å². The first-order chi connectivity index (χ1) is 10.4. The van der Waals surface area contributed by atoms with E-state index in [2.05, 4.69) is 0 Å². The summed E-state index contributed by atoms with van der Waals surface area (Å²) in [6, 6.07) is 5.68. The van der Waals surface area contributed by atoms with E-state index < -0.39 is 4.92 Å². The summed E-state index contributed by atoms with van der Waals surface area (Å²) in [5, 5.41) is 10.9. The summed E-state index contributed by atoms with van der Waals surface area (Å²) in [7, 11) is 0. The largest absolute Gasteiger partial charge is 0.274 e. The first-order valence-electron chi connectivity index (χ1n) is 7.17. The number of non-ortho nitro benzene ring substituents is 1. The van der Waals surface area contributed by atoms with Crippen molar-refractivity contribution in [3.63, 3.8) is 0 Å². The Morgan fingerprint density at radius 3 is 2.14 bits per heavy atom. The van der Waals surface area contributed by atoms with Gasteiger partial charge in [-0.3, -0.25) is 19.7 Å². The number of nitrogens with zero attached hydrogens (tertiary/aromatic N) is 2. The summed E-state index contributed by atoms with van der Waals surface area (Å²) in [6.07, 6.45) is 1.18. The molecule has 6 heteroatoms. The number of benzene rings is 1. The van der Waals surface area contributed by atoms with Crippen LogP contribution in [0.5, 0.6) is 0 Å². The molecular formula is C16H16N2O4. The van der Waals surface area contributed by atoms with Gasteiger partial charge in [-0.1, -0.05) is 17.2 Å². The second-order valence-electron chi connectivity index (χ2n) is 5.97. The van der Waals surface area contributed by atoms with Gasteiger partial charge in [-0.25, -0.2) is 4.90 Å². The smallest absolute Gasteiger partial charge is 0.271 e. The average molecular weight is 300 g/mol. The number of anilines is 1. The van der Waals surface area contributed by atoms with Gasteiger partial charge in [0, 0.05) is 12.1 Å². The molecule has 0 aromatic heterocycles. The molecule has 1 heterocycles. The fourth-order valence-electron chi connectivity index (χ4n) is 3.25. The molecule has 0 saturated carbocycles. The van der Waals surface area contributed by atoms with E-state index in [1.54, 1.807) is 6.07 Å². The fourth-order valence-corrected chi connectivity index (χ4v) is 3.25. The molecule has 0 spiro atoms. The zero-order chi connectivity index (χ0) is 16.0. The molecule has 1 aliphatic carbocycles. The van der Waals surface area contributed by atoms with Crippen LogP contribution in [0, 0.1) is 22.0 Å². The summed E-state index contributed by atoms with van der Waals surface area (Å²) in [5.74, 6) is -1.17. The first kappa shape index (κ1) is 14.4. The predicted octanol–water partition coefficient (Wildman–Crippen LogP) is 2.83. The number of nitro benzene ring substituents is 1. The monoisotopic (exact) mass is 300 g/mol. The number of amides is 2. The number of rotatable bonds is 2. The molecule has 2 amide bonds. The summed E-state index contributed by atoms with van der Waals surface area (Å²) >= 11 is 0. The number of imide groups is 1. The molecule has 0 radical (unpaired) electrons. The van der Waals surface area contributed by atoms with Crippen LogP contribution in [0.2, 0.25) is 0 Å². The Balaban J connectivity index is 1.97. The minimum atomic E-state index is -0.530. The van der Waals surface area contributed by atoms with Gasteiger partial charge >= 0.3 is 0 Å². The molecule has 1 aromatic carbocycles. The summed E-state index contributed by atoms with van der Waals surface area (Å²) in [6.45, 7) is 3.97. The number of hydrogen-bond acceptors (Lipinski definition) is 4. The van der Waals surface area contributed by atoms with Crippen LogP contribution >= 0.6 is 0 Å². The van der Waals surface area contributed by atoms with E-state index in [0.717, 1.165) is 16.0 Å². The molecule has 1 saturated heterocycles. The molecule has 2 atom stereocenters. The van der Waals surface area contributed by atoms with Crippen molar-refractivity contribution in [1.82, 2.24) is 0 Å². The second kappa shape index (κ2) is 5.05. The molecule has 114 valence electrons. The molecule has 0 N–H and O–H groups in total. The second-order valence-corrected chi connectivity index (χ2v) is 5.97. The maximum Gasteiger partial charge on any atom is 0.271 e. The molecule has 2 aliphatic rings. The van der Waals surface area contributed by atoms with Crippen molar-refractivity contribution in [3.8, 4) is 0 Å². The minimum Gasteiger partial charge on any atom is -0.274 e. The highest BCUT2D eigenvalue weighted by atomic mass is 16.6. The zero-order valence-electron chi connectivity index (χ0n) is 12.4. The Bertz CT molecular complexity index is 691. The molecule has 0 bridgehead atoms. The third kappa shape index (κ3) is 2.11. The SMILES string of the molecule is CC1=C(C)C[C@H]2C(=O)N(c3cccc([N+](=O)[O-])c3)C(=O)[C@@H]2C1. The Labute approximate surface area is 127 Å². The van der Waals surface area contributed by atoms with Gasteiger partial charge in [0.2, 0.25) is 11.8 Å². The van der Waals surface area contributed by atoms with Crippen LogP contribution in [0.4, 0.5) is 11.4 Å². The van der Waals surface area contributed by atoms with Crippen molar-refractivity contribution in [2.45, 2.75) is 26.7 Å². The predicted molar refractivity (Wildman–Crippen MR) is 80.2 cm³/mol. The van der Waals surface area contributed by atoms with Crippen molar-refractivity contribution >= 4 is 23.2 Å². The van der Waals surface area contributed by atoms with Gasteiger partial charge in [-0.2, -0.15) is 0 Å². The minimum absolute atomic E-state index is 0.126. The maximum absolute atomic E-state index is 12.6. The van der Waals surface area contributed by atoms with E-state index >= 15 is 0 Å². The number of carbonyl (C=O) groups is 2. The van der Waals surface area contributed by atoms with Crippen LogP contribution in [-0.2, 0) is 9.59 Å². The molecule has 3 rings (SSSR count). The standard InChI is InChI=1S/C16H16N2O4/c1-9-6-13-14(7-10(9)2)16(20)17(15(13)19)11-4-3-5-12(8-11)18(21)22/h3-5,8,13-14H,6-7H2,1-2H3/t13-,14-/m1/s1. The molecule has 1 aliphatic heterocycles. The van der Waals surface area contributed by atoms with Gasteiger partial charge in [-0.05, 0) is 32.8 Å². The molecule has 1 aromatic rings. The summed E-state index contributed by atoms with van der Waals surface area (Å²) in [5.41, 5.74) is 2.47. The normalized spacial score (nSPS) is 24.7. The van der Waals surface area contributed by atoms with E-state index in [9.17, 15) is 19.7 Å². The van der Waals surface area contributed by atoms with Crippen LogP contribution in [0.1, 0.15) is 26.7 Å². The molecule has 1 fully saturated rings. The summed E-state index contributed by atoms with van der Waals surface area (Å²) in [4.78, 5) is 36.7. The average Bonchev–Trinajstić information content (AvgIpc) is 2.71. The highest BCUT2D eigenvalue weighted by Crippen LogP contribution is 2.42. The Kier molecular flexibility index (Phi) is 3.31. The third-order valence-electron chi connectivity index (χ3n) is 4.64. The molecule has 6 nitrogen and oxygen atoms in total. The maximum atomic E-state index is 12.6.